The molecule has 2 aromatic carbocycles. The van der Waals surface area contributed by atoms with Crippen LogP contribution in [0.2, 0.25) is 15.1 Å². The van der Waals surface area contributed by atoms with Crippen LogP contribution < -0.4 is 10.1 Å². The lowest BCUT2D eigenvalue weighted by molar-refractivity contribution is -0.142. The fourth-order valence-corrected chi connectivity index (χ4v) is 3.62. The molecule has 0 fully saturated rings. The van der Waals surface area contributed by atoms with Crippen LogP contribution >= 0.6 is 34.8 Å². The van der Waals surface area contributed by atoms with Crippen molar-refractivity contribution in [3.8, 4) is 5.75 Å². The van der Waals surface area contributed by atoms with E-state index in [0.717, 1.165) is 11.1 Å². The smallest absolute Gasteiger partial charge is 0.261 e. The van der Waals surface area contributed by atoms with Crippen molar-refractivity contribution in [2.24, 2.45) is 0 Å². The van der Waals surface area contributed by atoms with Crippen molar-refractivity contribution in [1.29, 1.82) is 0 Å². The maximum atomic E-state index is 13.1. The van der Waals surface area contributed by atoms with Gasteiger partial charge in [-0.1, -0.05) is 40.9 Å². The molecule has 0 aromatic heterocycles. The highest BCUT2D eigenvalue weighted by Gasteiger charge is 2.27. The molecule has 0 spiro atoms. The maximum Gasteiger partial charge on any atom is 0.261 e. The Kier molecular flexibility index (Phi) is 9.04. The van der Waals surface area contributed by atoms with Gasteiger partial charge in [-0.25, -0.2) is 0 Å². The van der Waals surface area contributed by atoms with E-state index >= 15 is 0 Å². The summed E-state index contributed by atoms with van der Waals surface area (Å²) in [6, 6.07) is 7.82. The van der Waals surface area contributed by atoms with Crippen molar-refractivity contribution in [2.45, 2.75) is 53.2 Å². The zero-order valence-corrected chi connectivity index (χ0v) is 20.5. The lowest BCUT2D eigenvalue weighted by Crippen LogP contribution is -2.50. The molecule has 2 aromatic rings. The van der Waals surface area contributed by atoms with Crippen LogP contribution in [0.5, 0.6) is 5.75 Å². The summed E-state index contributed by atoms with van der Waals surface area (Å²) in [4.78, 5) is 27.2. The van der Waals surface area contributed by atoms with Crippen LogP contribution in [-0.4, -0.2) is 35.4 Å². The molecule has 0 radical (unpaired) electrons. The minimum Gasteiger partial charge on any atom is -0.484 e. The van der Waals surface area contributed by atoms with Crippen molar-refractivity contribution in [2.75, 3.05) is 6.61 Å². The SMILES string of the molecule is Cc1cc(OCC(=O)N(Cc2ccc(Cl)cc2Cl)[C@@H](C)C(=O)NC(C)C)cc(C)c1Cl. The van der Waals surface area contributed by atoms with Crippen molar-refractivity contribution < 1.29 is 14.3 Å². The Morgan fingerprint density at radius 1 is 1.03 bits per heavy atom. The van der Waals surface area contributed by atoms with Crippen LogP contribution in [0, 0.1) is 13.8 Å². The zero-order valence-electron chi connectivity index (χ0n) is 18.3. The molecule has 2 amide bonds. The van der Waals surface area contributed by atoms with Gasteiger partial charge in [-0.15, -0.1) is 0 Å². The van der Waals surface area contributed by atoms with Gasteiger partial charge in [0.2, 0.25) is 5.91 Å². The predicted molar refractivity (Wildman–Crippen MR) is 126 cm³/mol. The van der Waals surface area contributed by atoms with Crippen molar-refractivity contribution >= 4 is 46.6 Å². The van der Waals surface area contributed by atoms with E-state index in [2.05, 4.69) is 5.32 Å². The Hall–Kier alpha value is -1.95. The normalized spacial score (nSPS) is 11.9. The maximum absolute atomic E-state index is 13.1. The van der Waals surface area contributed by atoms with Crippen LogP contribution in [0.1, 0.15) is 37.5 Å². The standard InChI is InChI=1S/C23H27Cl3N2O3/c1-13(2)27-23(30)16(5)28(11-17-6-7-18(24)10-20(17)25)21(29)12-31-19-8-14(3)22(26)15(4)9-19/h6-10,13,16H,11-12H2,1-5H3,(H,27,30)/t16-/m0/s1. The average molecular weight is 486 g/mol. The van der Waals surface area contributed by atoms with E-state index < -0.39 is 6.04 Å². The number of rotatable bonds is 8. The van der Waals surface area contributed by atoms with Crippen molar-refractivity contribution in [1.82, 2.24) is 10.2 Å². The molecule has 0 heterocycles. The first-order valence-corrected chi connectivity index (χ1v) is 11.1. The topological polar surface area (TPSA) is 58.6 Å². The molecule has 0 saturated carbocycles. The molecule has 0 aliphatic carbocycles. The molecule has 0 bridgehead atoms. The third-order valence-corrected chi connectivity index (χ3v) is 5.91. The van der Waals surface area contributed by atoms with Gasteiger partial charge in [-0.05, 0) is 75.6 Å². The summed E-state index contributed by atoms with van der Waals surface area (Å²) in [5.74, 6) is -0.0641. The Morgan fingerprint density at radius 3 is 2.19 bits per heavy atom. The number of hydrogen-bond donors (Lipinski definition) is 1. The van der Waals surface area contributed by atoms with Crippen molar-refractivity contribution in [3.05, 3.63) is 62.1 Å². The number of ether oxygens (including phenoxy) is 1. The molecule has 0 unspecified atom stereocenters. The lowest BCUT2D eigenvalue weighted by atomic mass is 10.1. The van der Waals surface area contributed by atoms with E-state index in [1.165, 1.54) is 4.90 Å². The van der Waals surface area contributed by atoms with Crippen LogP contribution in [0.15, 0.2) is 30.3 Å². The molecule has 0 aliphatic heterocycles. The minimum absolute atomic E-state index is 0.0534. The number of benzene rings is 2. The Labute approximate surface area is 198 Å². The third kappa shape index (κ3) is 7.03. The summed E-state index contributed by atoms with van der Waals surface area (Å²) < 4.78 is 5.73. The number of nitrogens with one attached hydrogen (secondary N) is 1. The minimum atomic E-state index is -0.723. The molecule has 5 nitrogen and oxygen atoms in total. The fourth-order valence-electron chi connectivity index (χ4n) is 3.04. The molecule has 1 N–H and O–H groups in total. The molecule has 0 aliphatic rings. The van der Waals surface area contributed by atoms with Crippen molar-refractivity contribution in [3.63, 3.8) is 0 Å². The number of carbonyl (C=O) groups excluding carboxylic acids is 2. The van der Waals surface area contributed by atoms with E-state index in [1.807, 2.05) is 27.7 Å². The summed E-state index contributed by atoms with van der Waals surface area (Å²) in [5.41, 5.74) is 2.40. The first-order valence-electron chi connectivity index (χ1n) is 9.93. The first-order chi connectivity index (χ1) is 14.5. The summed E-state index contributed by atoms with van der Waals surface area (Å²) in [6.45, 7) is 9.06. The van der Waals surface area contributed by atoms with Crippen LogP contribution in [0.3, 0.4) is 0 Å². The second-order valence-electron chi connectivity index (χ2n) is 7.76. The quantitative estimate of drug-likeness (QED) is 0.531. The number of hydrogen-bond acceptors (Lipinski definition) is 3. The van der Waals surface area contributed by atoms with E-state index in [9.17, 15) is 9.59 Å². The Balaban J connectivity index is 2.23. The van der Waals surface area contributed by atoms with Gasteiger partial charge in [0.15, 0.2) is 6.61 Å². The van der Waals surface area contributed by atoms with Gasteiger partial charge in [0, 0.05) is 27.7 Å². The van der Waals surface area contributed by atoms with Gasteiger partial charge in [-0.3, -0.25) is 9.59 Å². The third-order valence-electron chi connectivity index (χ3n) is 4.73. The number of nitrogens with zero attached hydrogens (tertiary/aromatic N) is 1. The molecule has 1 atom stereocenters. The van der Waals surface area contributed by atoms with E-state index in [4.69, 9.17) is 39.5 Å². The molecular weight excluding hydrogens is 459 g/mol. The molecule has 168 valence electrons. The summed E-state index contributed by atoms with van der Waals surface area (Å²) >= 11 is 18.5. The highest BCUT2D eigenvalue weighted by atomic mass is 35.5. The van der Waals surface area contributed by atoms with Gasteiger partial charge in [0.05, 0.1) is 0 Å². The molecule has 31 heavy (non-hydrogen) atoms. The number of amides is 2. The number of halogens is 3. The van der Waals surface area contributed by atoms with E-state index in [1.54, 1.807) is 37.3 Å². The average Bonchev–Trinajstić information content (AvgIpc) is 2.68. The lowest BCUT2D eigenvalue weighted by Gasteiger charge is -2.29. The van der Waals surface area contributed by atoms with Crippen LogP contribution in [0.4, 0.5) is 0 Å². The van der Waals surface area contributed by atoms with Crippen LogP contribution in [0.25, 0.3) is 0 Å². The summed E-state index contributed by atoms with van der Waals surface area (Å²) in [6.07, 6.45) is 0. The second kappa shape index (κ2) is 11.1. The monoisotopic (exact) mass is 484 g/mol. The predicted octanol–water partition coefficient (Wildman–Crippen LogP) is 5.58. The van der Waals surface area contributed by atoms with Crippen LogP contribution in [-0.2, 0) is 16.1 Å². The first kappa shape index (κ1) is 25.3. The van der Waals surface area contributed by atoms with Gasteiger partial charge in [0.1, 0.15) is 11.8 Å². The molecular formula is C23H27Cl3N2O3. The zero-order chi connectivity index (χ0) is 23.3. The van der Waals surface area contributed by atoms with Gasteiger partial charge in [-0.2, -0.15) is 0 Å². The van der Waals surface area contributed by atoms with Gasteiger partial charge < -0.3 is 15.0 Å². The fraction of sp³-hybridized carbons (Fsp3) is 0.391. The summed E-state index contributed by atoms with van der Waals surface area (Å²) in [5, 5.41) is 4.42. The molecule has 2 rings (SSSR count). The summed E-state index contributed by atoms with van der Waals surface area (Å²) in [7, 11) is 0. The van der Waals surface area contributed by atoms with Gasteiger partial charge >= 0.3 is 0 Å². The highest BCUT2D eigenvalue weighted by Crippen LogP contribution is 2.26. The van der Waals surface area contributed by atoms with E-state index in [-0.39, 0.29) is 31.0 Å². The van der Waals surface area contributed by atoms with E-state index in [0.29, 0.717) is 26.4 Å². The Bertz CT molecular complexity index is 940. The van der Waals surface area contributed by atoms with Gasteiger partial charge in [0.25, 0.3) is 5.91 Å². The Morgan fingerprint density at radius 2 is 1.65 bits per heavy atom. The number of aryl methyl sites for hydroxylation is 2. The second-order valence-corrected chi connectivity index (χ2v) is 8.98. The molecule has 0 saturated heterocycles. The highest BCUT2D eigenvalue weighted by molar-refractivity contribution is 6.35. The number of carbonyl (C=O) groups is 2. The molecule has 8 heteroatoms. The largest absolute Gasteiger partial charge is 0.484 e.